The first-order valence-electron chi connectivity index (χ1n) is 3.97. The van der Waals surface area contributed by atoms with E-state index in [1.54, 1.807) is 0 Å². The monoisotopic (exact) mass is 269 g/mol. The van der Waals surface area contributed by atoms with Crippen molar-refractivity contribution in [3.63, 3.8) is 0 Å². The predicted molar refractivity (Wildman–Crippen MR) is 59.4 cm³/mol. The normalized spacial score (nSPS) is 17.9. The highest BCUT2D eigenvalue weighted by Gasteiger charge is 2.13. The molecule has 0 radical (unpaired) electrons. The zero-order valence-corrected chi connectivity index (χ0v) is 9.96. The molecule has 0 aromatic heterocycles. The Kier molecular flexibility index (Phi) is 4.55. The van der Waals surface area contributed by atoms with Gasteiger partial charge in [-0.3, -0.25) is 0 Å². The molecule has 1 rings (SSSR count). The van der Waals surface area contributed by atoms with Crippen LogP contribution in [-0.4, -0.2) is 31.4 Å². The Morgan fingerprint density at radius 2 is 1.55 bits per heavy atom. The summed E-state index contributed by atoms with van der Waals surface area (Å²) in [6, 6.07) is 0. The zero-order chi connectivity index (χ0) is 7.61. The van der Waals surface area contributed by atoms with E-state index in [-0.39, 0.29) is 24.0 Å². The molecule has 0 heterocycles. The molecule has 11 heavy (non-hydrogen) atoms. The molecule has 0 amide bonds. The summed E-state index contributed by atoms with van der Waals surface area (Å²) >= 11 is 0. The average Bonchev–Trinajstić information content (AvgIpc) is 2.12. The molecule has 0 bridgehead atoms. The van der Waals surface area contributed by atoms with Crippen molar-refractivity contribution in [2.45, 2.75) is 25.7 Å². The van der Waals surface area contributed by atoms with E-state index >= 15 is 0 Å². The molecule has 3 heteroatoms. The lowest BCUT2D eigenvalue weighted by Gasteiger charge is -2.15. The molecular weight excluding hydrogens is 251 g/mol. The van der Waals surface area contributed by atoms with Crippen LogP contribution in [0.3, 0.4) is 0 Å². The van der Waals surface area contributed by atoms with Crippen molar-refractivity contribution < 1.29 is 4.59 Å². The number of rotatable bonds is 1. The van der Waals surface area contributed by atoms with Crippen LogP contribution in [0.25, 0.3) is 0 Å². The maximum atomic E-state index is 4.56. The van der Waals surface area contributed by atoms with Gasteiger partial charge in [-0.25, -0.2) is 4.59 Å². The minimum Gasteiger partial charge on any atom is -0.205 e. The summed E-state index contributed by atoms with van der Waals surface area (Å²) in [5.74, 6) is 0. The van der Waals surface area contributed by atoms with Gasteiger partial charge in [0.1, 0.15) is 0 Å². The molecule has 0 unspecified atom stereocenters. The van der Waals surface area contributed by atoms with Gasteiger partial charge in [-0.2, -0.15) is 0 Å². The summed E-state index contributed by atoms with van der Waals surface area (Å²) in [7, 11) is 6.31. The molecule has 0 atom stereocenters. The van der Waals surface area contributed by atoms with Crippen LogP contribution in [0.2, 0.25) is 0 Å². The lowest BCUT2D eigenvalue weighted by Crippen LogP contribution is -2.28. The molecule has 66 valence electrons. The van der Waals surface area contributed by atoms with Crippen molar-refractivity contribution in [2.75, 3.05) is 21.1 Å². The van der Waals surface area contributed by atoms with Gasteiger partial charge in [0.05, 0.1) is 26.9 Å². The second kappa shape index (κ2) is 4.40. The summed E-state index contributed by atoms with van der Waals surface area (Å²) < 4.78 is 0.731. The number of hydrogen-bond donors (Lipinski definition) is 0. The smallest absolute Gasteiger partial charge is 0.0923 e. The fourth-order valence-corrected chi connectivity index (χ4v) is 1.31. The fraction of sp³-hybridized carbons (Fsp3) is 0.875. The third-order valence-corrected chi connectivity index (χ3v) is 1.62. The van der Waals surface area contributed by atoms with Crippen molar-refractivity contribution >= 4 is 29.7 Å². The minimum atomic E-state index is 0. The van der Waals surface area contributed by atoms with Gasteiger partial charge in [0.2, 0.25) is 0 Å². The summed E-state index contributed by atoms with van der Waals surface area (Å²) in [5, 5.41) is 4.56. The molecule has 0 saturated heterocycles. The Labute approximate surface area is 86.3 Å². The van der Waals surface area contributed by atoms with Gasteiger partial charge in [-0.05, 0) is 25.7 Å². The molecule has 0 aromatic carbocycles. The Bertz CT molecular complexity index is 139. The van der Waals surface area contributed by atoms with E-state index in [1.807, 2.05) is 0 Å². The maximum Gasteiger partial charge on any atom is 0.0923 e. The highest BCUT2D eigenvalue weighted by Crippen LogP contribution is 2.15. The van der Waals surface area contributed by atoms with E-state index in [1.165, 1.54) is 31.4 Å². The number of halogens is 1. The van der Waals surface area contributed by atoms with E-state index in [4.69, 9.17) is 0 Å². The minimum absolute atomic E-state index is 0. The number of nitrogens with zero attached hydrogens (tertiary/aromatic N) is 2. The first-order chi connectivity index (χ1) is 4.58. The SMILES string of the molecule is C[N+](C)(C)N=C1CCCC1.I. The third kappa shape index (κ3) is 4.74. The molecule has 1 saturated carbocycles. The Balaban J connectivity index is 0.000001000. The highest BCUT2D eigenvalue weighted by atomic mass is 127. The summed E-state index contributed by atoms with van der Waals surface area (Å²) in [4.78, 5) is 0. The molecular formula is C8H18IN2+. The van der Waals surface area contributed by atoms with Crippen LogP contribution in [0.15, 0.2) is 5.10 Å². The van der Waals surface area contributed by atoms with E-state index in [0.29, 0.717) is 0 Å². The van der Waals surface area contributed by atoms with Gasteiger partial charge in [0.15, 0.2) is 0 Å². The summed E-state index contributed by atoms with van der Waals surface area (Å²) in [6.07, 6.45) is 5.16. The second-order valence-electron chi connectivity index (χ2n) is 3.81. The van der Waals surface area contributed by atoms with Gasteiger partial charge in [0, 0.05) is 0 Å². The second-order valence-corrected chi connectivity index (χ2v) is 3.81. The van der Waals surface area contributed by atoms with Crippen LogP contribution in [0, 0.1) is 0 Å². The van der Waals surface area contributed by atoms with Crippen LogP contribution < -0.4 is 0 Å². The van der Waals surface area contributed by atoms with Gasteiger partial charge in [-0.15, -0.1) is 24.0 Å². The molecule has 0 N–H and O–H groups in total. The molecule has 0 spiro atoms. The van der Waals surface area contributed by atoms with Gasteiger partial charge >= 0.3 is 0 Å². The van der Waals surface area contributed by atoms with Crippen molar-refractivity contribution in [2.24, 2.45) is 5.10 Å². The van der Waals surface area contributed by atoms with E-state index < -0.39 is 0 Å². The van der Waals surface area contributed by atoms with Crippen LogP contribution in [0.5, 0.6) is 0 Å². The van der Waals surface area contributed by atoms with E-state index in [0.717, 1.165) is 4.59 Å². The van der Waals surface area contributed by atoms with Crippen molar-refractivity contribution in [1.29, 1.82) is 0 Å². The van der Waals surface area contributed by atoms with Crippen LogP contribution in [0.1, 0.15) is 25.7 Å². The number of hydrogen-bond acceptors (Lipinski definition) is 1. The molecule has 2 nitrogen and oxygen atoms in total. The average molecular weight is 269 g/mol. The zero-order valence-electron chi connectivity index (χ0n) is 7.63. The Morgan fingerprint density at radius 1 is 1.09 bits per heavy atom. The largest absolute Gasteiger partial charge is 0.205 e. The molecule has 0 aliphatic heterocycles. The van der Waals surface area contributed by atoms with Crippen molar-refractivity contribution in [3.8, 4) is 0 Å². The Morgan fingerprint density at radius 3 is 1.91 bits per heavy atom. The topological polar surface area (TPSA) is 12.4 Å². The lowest BCUT2D eigenvalue weighted by atomic mass is 10.3. The van der Waals surface area contributed by atoms with Crippen LogP contribution in [-0.2, 0) is 0 Å². The van der Waals surface area contributed by atoms with Crippen molar-refractivity contribution in [1.82, 2.24) is 0 Å². The molecule has 1 aliphatic rings. The van der Waals surface area contributed by atoms with Crippen molar-refractivity contribution in [3.05, 3.63) is 0 Å². The molecule has 1 fully saturated rings. The summed E-state index contributed by atoms with van der Waals surface area (Å²) in [6.45, 7) is 0. The van der Waals surface area contributed by atoms with Gasteiger partial charge in [-0.1, -0.05) is 5.10 Å². The predicted octanol–water partition coefficient (Wildman–Crippen LogP) is 2.24. The van der Waals surface area contributed by atoms with E-state index in [2.05, 4.69) is 26.2 Å². The first kappa shape index (κ1) is 11.4. The lowest BCUT2D eigenvalue weighted by molar-refractivity contribution is -0.877. The number of quaternary nitrogens is 1. The fourth-order valence-electron chi connectivity index (χ4n) is 1.31. The van der Waals surface area contributed by atoms with Gasteiger partial charge in [0.25, 0.3) is 0 Å². The van der Waals surface area contributed by atoms with Gasteiger partial charge < -0.3 is 0 Å². The summed E-state index contributed by atoms with van der Waals surface area (Å²) in [5.41, 5.74) is 1.41. The maximum absolute atomic E-state index is 4.56. The molecule has 1 aliphatic carbocycles. The first-order valence-corrected chi connectivity index (χ1v) is 3.97. The third-order valence-electron chi connectivity index (χ3n) is 1.62. The standard InChI is InChI=1S/C8H17N2.HI/c1-10(2,3)9-8-6-4-5-7-8;/h4-7H2,1-3H3;1H/q+1;. The Hall–Kier alpha value is 0.360. The van der Waals surface area contributed by atoms with E-state index in [9.17, 15) is 0 Å². The highest BCUT2D eigenvalue weighted by molar-refractivity contribution is 14.0. The van der Waals surface area contributed by atoms with Crippen LogP contribution >= 0.6 is 24.0 Å². The molecule has 0 aromatic rings. The quantitative estimate of drug-likeness (QED) is 0.393. The van der Waals surface area contributed by atoms with Crippen LogP contribution in [0.4, 0.5) is 0 Å².